The van der Waals surface area contributed by atoms with Crippen LogP contribution in [0, 0.1) is 6.92 Å². The van der Waals surface area contributed by atoms with Crippen molar-refractivity contribution in [3.05, 3.63) is 17.5 Å². The van der Waals surface area contributed by atoms with Crippen LogP contribution in [-0.2, 0) is 9.53 Å². The fourth-order valence-electron chi connectivity index (χ4n) is 0.740. The third-order valence-electron chi connectivity index (χ3n) is 1.34. The van der Waals surface area contributed by atoms with E-state index in [0.29, 0.717) is 5.69 Å². The highest BCUT2D eigenvalue weighted by Gasteiger charge is 2.21. The summed E-state index contributed by atoms with van der Waals surface area (Å²) in [6.07, 6.45) is -1.38. The smallest absolute Gasteiger partial charge is 0.342 e. The Labute approximate surface area is 68.9 Å². The van der Waals surface area contributed by atoms with Crippen molar-refractivity contribution in [2.75, 3.05) is 7.11 Å². The minimum Gasteiger partial charge on any atom is -0.467 e. The van der Waals surface area contributed by atoms with E-state index in [2.05, 4.69) is 14.4 Å². The van der Waals surface area contributed by atoms with Crippen molar-refractivity contribution in [2.24, 2.45) is 0 Å². The Bertz CT molecular complexity index is 281. The largest absolute Gasteiger partial charge is 0.467 e. The highest BCUT2D eigenvalue weighted by Crippen LogP contribution is 2.14. The molecule has 1 N–H and O–H groups in total. The number of hydrogen-bond acceptors (Lipinski definition) is 5. The molecule has 1 atom stereocenters. The molecule has 0 spiro atoms. The second kappa shape index (κ2) is 3.36. The van der Waals surface area contributed by atoms with Gasteiger partial charge in [0.05, 0.1) is 12.8 Å². The van der Waals surface area contributed by atoms with Crippen molar-refractivity contribution in [1.29, 1.82) is 0 Å². The molecule has 0 fully saturated rings. The monoisotopic (exact) mass is 171 g/mol. The molecule has 0 saturated carbocycles. The van der Waals surface area contributed by atoms with Crippen LogP contribution in [0.15, 0.2) is 10.6 Å². The Hall–Kier alpha value is -1.36. The molecule has 1 heterocycles. The Kier molecular flexibility index (Phi) is 2.44. The van der Waals surface area contributed by atoms with Crippen LogP contribution in [0.4, 0.5) is 0 Å². The summed E-state index contributed by atoms with van der Waals surface area (Å²) in [5, 5.41) is 12.7. The molecule has 5 nitrogen and oxygen atoms in total. The first-order valence-corrected chi connectivity index (χ1v) is 3.34. The van der Waals surface area contributed by atoms with E-state index in [1.165, 1.54) is 13.2 Å². The summed E-state index contributed by atoms with van der Waals surface area (Å²) < 4.78 is 8.95. The normalized spacial score (nSPS) is 12.6. The van der Waals surface area contributed by atoms with Crippen LogP contribution >= 0.6 is 0 Å². The maximum absolute atomic E-state index is 10.8. The number of carbonyl (C=O) groups excluding carboxylic acids is 1. The molecular formula is C7H9NO4. The van der Waals surface area contributed by atoms with Gasteiger partial charge in [0.25, 0.3) is 0 Å². The zero-order chi connectivity index (χ0) is 9.14. The number of rotatable bonds is 2. The molecule has 1 aromatic heterocycles. The third-order valence-corrected chi connectivity index (χ3v) is 1.34. The van der Waals surface area contributed by atoms with Crippen LogP contribution in [0.25, 0.3) is 0 Å². The number of carbonyl (C=O) groups is 1. The van der Waals surface area contributed by atoms with Gasteiger partial charge in [-0.2, -0.15) is 0 Å². The molecule has 1 aromatic rings. The molecule has 66 valence electrons. The minimum absolute atomic E-state index is 0.0966. The van der Waals surface area contributed by atoms with Crippen molar-refractivity contribution >= 4 is 5.97 Å². The van der Waals surface area contributed by atoms with Gasteiger partial charge in [0, 0.05) is 6.07 Å². The predicted octanol–water partition coefficient (Wildman–Crippen LogP) is 0.189. The van der Waals surface area contributed by atoms with E-state index >= 15 is 0 Å². The van der Waals surface area contributed by atoms with Gasteiger partial charge in [-0.05, 0) is 6.92 Å². The zero-order valence-electron chi connectivity index (χ0n) is 6.77. The quantitative estimate of drug-likeness (QED) is 0.643. The highest BCUT2D eigenvalue weighted by atomic mass is 16.5. The number of aliphatic hydroxyl groups excluding tert-OH is 1. The Morgan fingerprint density at radius 1 is 1.83 bits per heavy atom. The summed E-state index contributed by atoms with van der Waals surface area (Å²) in [6, 6.07) is 1.47. The lowest BCUT2D eigenvalue weighted by Crippen LogP contribution is -2.12. The van der Waals surface area contributed by atoms with E-state index in [9.17, 15) is 9.90 Å². The molecule has 0 radical (unpaired) electrons. The molecule has 0 bridgehead atoms. The molecule has 1 rings (SSSR count). The predicted molar refractivity (Wildman–Crippen MR) is 38.2 cm³/mol. The standard InChI is InChI=1S/C7H9NO4/c1-4-3-5(12-8-4)6(9)7(10)11-2/h3,6,9H,1-2H3. The maximum atomic E-state index is 10.8. The van der Waals surface area contributed by atoms with Gasteiger partial charge >= 0.3 is 5.97 Å². The van der Waals surface area contributed by atoms with Crippen LogP contribution in [0.1, 0.15) is 17.6 Å². The lowest BCUT2D eigenvalue weighted by atomic mass is 10.2. The lowest BCUT2D eigenvalue weighted by molar-refractivity contribution is -0.151. The fraction of sp³-hybridized carbons (Fsp3) is 0.429. The highest BCUT2D eigenvalue weighted by molar-refractivity contribution is 5.75. The van der Waals surface area contributed by atoms with Crippen molar-refractivity contribution < 1.29 is 19.2 Å². The van der Waals surface area contributed by atoms with Crippen LogP contribution in [0.2, 0.25) is 0 Å². The van der Waals surface area contributed by atoms with Gasteiger partial charge in [-0.25, -0.2) is 4.79 Å². The molecule has 12 heavy (non-hydrogen) atoms. The first kappa shape index (κ1) is 8.73. The molecule has 1 unspecified atom stereocenters. The van der Waals surface area contributed by atoms with Gasteiger partial charge in [0.15, 0.2) is 5.76 Å². The van der Waals surface area contributed by atoms with Gasteiger partial charge in [-0.3, -0.25) is 0 Å². The van der Waals surface area contributed by atoms with Gasteiger partial charge in [-0.15, -0.1) is 0 Å². The lowest BCUT2D eigenvalue weighted by Gasteiger charge is -2.02. The van der Waals surface area contributed by atoms with Crippen LogP contribution in [0.5, 0.6) is 0 Å². The van der Waals surface area contributed by atoms with Crippen molar-refractivity contribution in [3.63, 3.8) is 0 Å². The first-order valence-electron chi connectivity index (χ1n) is 3.34. The number of nitrogens with zero attached hydrogens (tertiary/aromatic N) is 1. The number of aliphatic hydroxyl groups is 1. The first-order chi connectivity index (χ1) is 5.65. The molecule has 0 saturated heterocycles. The zero-order valence-corrected chi connectivity index (χ0v) is 6.77. The van der Waals surface area contributed by atoms with Crippen LogP contribution in [-0.4, -0.2) is 23.3 Å². The summed E-state index contributed by atoms with van der Waals surface area (Å²) in [5.41, 5.74) is 0.605. The van der Waals surface area contributed by atoms with Gasteiger partial charge < -0.3 is 14.4 Å². The van der Waals surface area contributed by atoms with Crippen LogP contribution in [0.3, 0.4) is 0 Å². The Morgan fingerprint density at radius 2 is 2.50 bits per heavy atom. The van der Waals surface area contributed by atoms with Crippen LogP contribution < -0.4 is 0 Å². The number of esters is 1. The second-order valence-electron chi connectivity index (χ2n) is 2.30. The number of ether oxygens (including phenoxy) is 1. The number of aryl methyl sites for hydroxylation is 1. The number of methoxy groups -OCH3 is 1. The van der Waals surface area contributed by atoms with Crippen molar-refractivity contribution in [1.82, 2.24) is 5.16 Å². The van der Waals surface area contributed by atoms with E-state index in [0.717, 1.165) is 0 Å². The molecule has 0 aliphatic carbocycles. The number of hydrogen-bond donors (Lipinski definition) is 1. The van der Waals surface area contributed by atoms with E-state index < -0.39 is 12.1 Å². The summed E-state index contributed by atoms with van der Waals surface area (Å²) in [6.45, 7) is 1.69. The topological polar surface area (TPSA) is 72.6 Å². The number of aromatic nitrogens is 1. The Balaban J connectivity index is 2.77. The van der Waals surface area contributed by atoms with E-state index in [4.69, 9.17) is 0 Å². The van der Waals surface area contributed by atoms with E-state index in [1.54, 1.807) is 6.92 Å². The minimum atomic E-state index is -1.38. The fourth-order valence-corrected chi connectivity index (χ4v) is 0.740. The average molecular weight is 171 g/mol. The molecule has 0 amide bonds. The molecule has 5 heteroatoms. The summed E-state index contributed by atoms with van der Waals surface area (Å²) in [5.74, 6) is -0.662. The van der Waals surface area contributed by atoms with E-state index in [1.807, 2.05) is 0 Å². The second-order valence-corrected chi connectivity index (χ2v) is 2.30. The SMILES string of the molecule is COC(=O)C(O)c1cc(C)no1. The molecule has 0 aliphatic rings. The van der Waals surface area contributed by atoms with Crippen molar-refractivity contribution in [3.8, 4) is 0 Å². The maximum Gasteiger partial charge on any atom is 0.342 e. The summed E-state index contributed by atoms with van der Waals surface area (Å²) >= 11 is 0. The Morgan fingerprint density at radius 3 is 2.92 bits per heavy atom. The van der Waals surface area contributed by atoms with Gasteiger partial charge in [0.1, 0.15) is 0 Å². The van der Waals surface area contributed by atoms with Gasteiger partial charge in [-0.1, -0.05) is 5.16 Å². The van der Waals surface area contributed by atoms with Gasteiger partial charge in [0.2, 0.25) is 6.10 Å². The summed E-state index contributed by atoms with van der Waals surface area (Å²) in [7, 11) is 1.19. The van der Waals surface area contributed by atoms with E-state index in [-0.39, 0.29) is 5.76 Å². The molecule has 0 aromatic carbocycles. The third kappa shape index (κ3) is 1.62. The van der Waals surface area contributed by atoms with Crippen molar-refractivity contribution in [2.45, 2.75) is 13.0 Å². The molecular weight excluding hydrogens is 162 g/mol. The summed E-state index contributed by atoms with van der Waals surface area (Å²) in [4.78, 5) is 10.8. The average Bonchev–Trinajstić information content (AvgIpc) is 2.49. The molecule has 0 aliphatic heterocycles.